The standard InChI is InChI=1S/C13H16ClNO2/c1-8-3-4-9(12(14)5-8)10-6-15-7-11(10)13(16)17-2/h3-5,10-11,15H,6-7H2,1-2H3/t10-,11+/m0/s1. The number of halogens is 1. The lowest BCUT2D eigenvalue weighted by Gasteiger charge is -2.18. The van der Waals surface area contributed by atoms with Gasteiger partial charge in [-0.3, -0.25) is 4.79 Å². The Hall–Kier alpha value is -1.06. The van der Waals surface area contributed by atoms with E-state index in [9.17, 15) is 4.79 Å². The molecule has 1 aliphatic heterocycles. The van der Waals surface area contributed by atoms with Crippen LogP contribution in [0.15, 0.2) is 18.2 Å². The zero-order chi connectivity index (χ0) is 12.4. The Morgan fingerprint density at radius 3 is 2.88 bits per heavy atom. The van der Waals surface area contributed by atoms with Crippen LogP contribution < -0.4 is 5.32 Å². The molecule has 0 amide bonds. The van der Waals surface area contributed by atoms with Crippen LogP contribution >= 0.6 is 11.6 Å². The molecule has 0 unspecified atom stereocenters. The fraction of sp³-hybridized carbons (Fsp3) is 0.462. The molecule has 1 N–H and O–H groups in total. The zero-order valence-electron chi connectivity index (χ0n) is 10.00. The monoisotopic (exact) mass is 253 g/mol. The van der Waals surface area contributed by atoms with Gasteiger partial charge in [-0.05, 0) is 24.1 Å². The van der Waals surface area contributed by atoms with Crippen molar-refractivity contribution in [2.45, 2.75) is 12.8 Å². The largest absolute Gasteiger partial charge is 0.469 e. The molecule has 17 heavy (non-hydrogen) atoms. The molecule has 2 atom stereocenters. The fourth-order valence-electron chi connectivity index (χ4n) is 2.34. The van der Waals surface area contributed by atoms with E-state index in [0.29, 0.717) is 6.54 Å². The topological polar surface area (TPSA) is 38.3 Å². The quantitative estimate of drug-likeness (QED) is 0.821. The van der Waals surface area contributed by atoms with Gasteiger partial charge in [0.25, 0.3) is 0 Å². The first-order valence-electron chi connectivity index (χ1n) is 5.68. The predicted octanol–water partition coefficient (Wildman–Crippen LogP) is 2.12. The fourth-order valence-corrected chi connectivity index (χ4v) is 2.71. The molecule has 0 aromatic heterocycles. The van der Waals surface area contributed by atoms with E-state index in [-0.39, 0.29) is 17.8 Å². The highest BCUT2D eigenvalue weighted by Gasteiger charge is 2.35. The average Bonchev–Trinajstić information content (AvgIpc) is 2.77. The maximum Gasteiger partial charge on any atom is 0.310 e. The Labute approximate surface area is 106 Å². The van der Waals surface area contributed by atoms with Gasteiger partial charge in [-0.2, -0.15) is 0 Å². The summed E-state index contributed by atoms with van der Waals surface area (Å²) in [5, 5.41) is 3.95. The van der Waals surface area contributed by atoms with Crippen molar-refractivity contribution in [2.24, 2.45) is 5.92 Å². The van der Waals surface area contributed by atoms with E-state index in [0.717, 1.165) is 22.7 Å². The average molecular weight is 254 g/mol. The molecule has 1 aromatic carbocycles. The zero-order valence-corrected chi connectivity index (χ0v) is 10.8. The Balaban J connectivity index is 2.29. The number of hydrogen-bond donors (Lipinski definition) is 1. The van der Waals surface area contributed by atoms with Crippen molar-refractivity contribution in [1.82, 2.24) is 5.32 Å². The van der Waals surface area contributed by atoms with Gasteiger partial charge in [-0.15, -0.1) is 0 Å². The summed E-state index contributed by atoms with van der Waals surface area (Å²) in [4.78, 5) is 11.7. The first-order chi connectivity index (χ1) is 8.13. The van der Waals surface area contributed by atoms with Crippen molar-refractivity contribution in [3.8, 4) is 0 Å². The molecule has 1 aromatic rings. The lowest BCUT2D eigenvalue weighted by atomic mass is 9.88. The number of rotatable bonds is 2. The molecule has 0 radical (unpaired) electrons. The SMILES string of the molecule is COC(=O)[C@@H]1CNC[C@H]1c1ccc(C)cc1Cl. The van der Waals surface area contributed by atoms with Crippen LogP contribution in [0.3, 0.4) is 0 Å². The van der Waals surface area contributed by atoms with E-state index < -0.39 is 0 Å². The number of esters is 1. The van der Waals surface area contributed by atoms with Crippen LogP contribution in [0, 0.1) is 12.8 Å². The Morgan fingerprint density at radius 2 is 2.24 bits per heavy atom. The minimum atomic E-state index is -0.170. The van der Waals surface area contributed by atoms with Crippen LogP contribution in [0.2, 0.25) is 5.02 Å². The number of aryl methyl sites for hydroxylation is 1. The summed E-state index contributed by atoms with van der Waals surface area (Å²) in [5.74, 6) is -0.201. The number of carbonyl (C=O) groups is 1. The van der Waals surface area contributed by atoms with Crippen LogP contribution in [0.1, 0.15) is 17.0 Å². The number of nitrogens with one attached hydrogen (secondary N) is 1. The molecule has 92 valence electrons. The van der Waals surface area contributed by atoms with Gasteiger partial charge in [0.05, 0.1) is 13.0 Å². The van der Waals surface area contributed by atoms with Gasteiger partial charge in [-0.1, -0.05) is 23.7 Å². The van der Waals surface area contributed by atoms with Crippen LogP contribution in [0.4, 0.5) is 0 Å². The molecular formula is C13H16ClNO2. The molecule has 4 heteroatoms. The summed E-state index contributed by atoms with van der Waals surface area (Å²) < 4.78 is 4.83. The molecule has 1 heterocycles. The van der Waals surface area contributed by atoms with Gasteiger partial charge < -0.3 is 10.1 Å². The molecule has 0 bridgehead atoms. The summed E-state index contributed by atoms with van der Waals surface area (Å²) in [6.07, 6.45) is 0. The van der Waals surface area contributed by atoms with E-state index in [2.05, 4.69) is 5.32 Å². The summed E-state index contributed by atoms with van der Waals surface area (Å²) in [6, 6.07) is 5.96. The van der Waals surface area contributed by atoms with Gasteiger partial charge in [0.15, 0.2) is 0 Å². The highest BCUT2D eigenvalue weighted by Crippen LogP contribution is 2.33. The van der Waals surface area contributed by atoms with Crippen molar-refractivity contribution >= 4 is 17.6 Å². The van der Waals surface area contributed by atoms with Crippen molar-refractivity contribution in [1.29, 1.82) is 0 Å². The lowest BCUT2D eigenvalue weighted by molar-refractivity contribution is -0.145. The van der Waals surface area contributed by atoms with Gasteiger partial charge >= 0.3 is 5.97 Å². The second-order valence-electron chi connectivity index (χ2n) is 4.42. The maximum atomic E-state index is 11.7. The first-order valence-corrected chi connectivity index (χ1v) is 6.06. The minimum absolute atomic E-state index is 0.107. The second kappa shape index (κ2) is 5.07. The Bertz CT molecular complexity index is 433. The number of methoxy groups -OCH3 is 1. The van der Waals surface area contributed by atoms with Crippen LogP contribution in [0.25, 0.3) is 0 Å². The molecule has 0 aliphatic carbocycles. The van der Waals surface area contributed by atoms with E-state index in [1.165, 1.54) is 7.11 Å². The van der Waals surface area contributed by atoms with E-state index in [1.807, 2.05) is 25.1 Å². The van der Waals surface area contributed by atoms with Crippen molar-refractivity contribution in [2.75, 3.05) is 20.2 Å². The van der Waals surface area contributed by atoms with Gasteiger partial charge in [0.2, 0.25) is 0 Å². The van der Waals surface area contributed by atoms with Crippen molar-refractivity contribution in [3.63, 3.8) is 0 Å². The van der Waals surface area contributed by atoms with Crippen molar-refractivity contribution in [3.05, 3.63) is 34.3 Å². The molecule has 1 aliphatic rings. The highest BCUT2D eigenvalue weighted by atomic mass is 35.5. The second-order valence-corrected chi connectivity index (χ2v) is 4.83. The number of ether oxygens (including phenoxy) is 1. The minimum Gasteiger partial charge on any atom is -0.469 e. The van der Waals surface area contributed by atoms with Gasteiger partial charge in [-0.25, -0.2) is 0 Å². The summed E-state index contributed by atoms with van der Waals surface area (Å²) in [6.45, 7) is 3.42. The number of carbonyl (C=O) groups excluding carboxylic acids is 1. The predicted molar refractivity (Wildman–Crippen MR) is 67.3 cm³/mol. The van der Waals surface area contributed by atoms with Crippen LogP contribution in [0.5, 0.6) is 0 Å². The van der Waals surface area contributed by atoms with E-state index >= 15 is 0 Å². The van der Waals surface area contributed by atoms with Gasteiger partial charge in [0.1, 0.15) is 0 Å². The van der Waals surface area contributed by atoms with E-state index in [1.54, 1.807) is 0 Å². The molecule has 3 nitrogen and oxygen atoms in total. The summed E-state index contributed by atoms with van der Waals surface area (Å²) in [5.41, 5.74) is 2.15. The molecule has 1 fully saturated rings. The summed E-state index contributed by atoms with van der Waals surface area (Å²) >= 11 is 6.24. The highest BCUT2D eigenvalue weighted by molar-refractivity contribution is 6.31. The third-order valence-electron chi connectivity index (χ3n) is 3.27. The molecule has 0 saturated carbocycles. The molecule has 0 spiro atoms. The molecule has 2 rings (SSSR count). The molecule has 1 saturated heterocycles. The van der Waals surface area contributed by atoms with Gasteiger partial charge in [0, 0.05) is 24.0 Å². The number of hydrogen-bond acceptors (Lipinski definition) is 3. The lowest BCUT2D eigenvalue weighted by Crippen LogP contribution is -2.23. The van der Waals surface area contributed by atoms with E-state index in [4.69, 9.17) is 16.3 Å². The molecular weight excluding hydrogens is 238 g/mol. The Kier molecular flexibility index (Phi) is 3.69. The van der Waals surface area contributed by atoms with Crippen LogP contribution in [-0.2, 0) is 9.53 Å². The third kappa shape index (κ3) is 2.45. The maximum absolute atomic E-state index is 11.7. The summed E-state index contributed by atoms with van der Waals surface area (Å²) in [7, 11) is 1.43. The third-order valence-corrected chi connectivity index (χ3v) is 3.60. The normalized spacial score (nSPS) is 23.7. The Morgan fingerprint density at radius 1 is 1.47 bits per heavy atom. The van der Waals surface area contributed by atoms with Crippen LogP contribution in [-0.4, -0.2) is 26.2 Å². The number of benzene rings is 1. The van der Waals surface area contributed by atoms with Crippen molar-refractivity contribution < 1.29 is 9.53 Å². The smallest absolute Gasteiger partial charge is 0.310 e. The first kappa shape index (κ1) is 12.4.